The molecule has 0 amide bonds. The predicted octanol–water partition coefficient (Wildman–Crippen LogP) is 1.38. The van der Waals surface area contributed by atoms with Crippen molar-refractivity contribution < 1.29 is 0 Å². The average Bonchev–Trinajstić information content (AvgIpc) is 2.59. The van der Waals surface area contributed by atoms with Crippen LogP contribution in [0.4, 0.5) is 0 Å². The first-order valence-corrected chi connectivity index (χ1v) is 5.84. The lowest BCUT2D eigenvalue weighted by Gasteiger charge is -2.20. The van der Waals surface area contributed by atoms with Gasteiger partial charge in [0.2, 0.25) is 0 Å². The Bertz CT molecular complexity index is 219. The van der Waals surface area contributed by atoms with Crippen molar-refractivity contribution in [2.75, 3.05) is 13.1 Å². The standard InChI is InChI=1S/C7H11N3S2/c1-3-8-4-2-6(1)12-7-10-9-5-11-7/h5-6,8H,1-4H2. The number of nitrogens with zero attached hydrogens (tertiary/aromatic N) is 2. The Labute approximate surface area is 80.0 Å². The van der Waals surface area contributed by atoms with Crippen LogP contribution in [0.1, 0.15) is 12.8 Å². The van der Waals surface area contributed by atoms with Crippen LogP contribution in [0, 0.1) is 0 Å². The summed E-state index contributed by atoms with van der Waals surface area (Å²) in [6.07, 6.45) is 2.51. The average molecular weight is 201 g/mol. The Morgan fingerprint density at radius 2 is 2.33 bits per heavy atom. The largest absolute Gasteiger partial charge is 0.317 e. The maximum atomic E-state index is 4.02. The lowest BCUT2D eigenvalue weighted by Crippen LogP contribution is -2.29. The molecule has 0 unspecified atom stereocenters. The number of aromatic nitrogens is 2. The number of piperidine rings is 1. The summed E-state index contributed by atoms with van der Waals surface area (Å²) < 4.78 is 1.11. The monoisotopic (exact) mass is 201 g/mol. The van der Waals surface area contributed by atoms with E-state index in [1.54, 1.807) is 16.8 Å². The Balaban J connectivity index is 1.86. The summed E-state index contributed by atoms with van der Waals surface area (Å²) in [4.78, 5) is 0. The molecule has 1 aromatic rings. The predicted molar refractivity (Wildman–Crippen MR) is 51.7 cm³/mol. The van der Waals surface area contributed by atoms with Crippen molar-refractivity contribution in [3.63, 3.8) is 0 Å². The van der Waals surface area contributed by atoms with Crippen LogP contribution in [-0.4, -0.2) is 28.5 Å². The molecule has 0 aliphatic carbocycles. The quantitative estimate of drug-likeness (QED) is 0.784. The molecule has 0 atom stereocenters. The highest BCUT2D eigenvalue weighted by atomic mass is 32.2. The Hall–Kier alpha value is -0.130. The molecule has 0 bridgehead atoms. The lowest BCUT2D eigenvalue weighted by molar-refractivity contribution is 0.531. The van der Waals surface area contributed by atoms with Crippen molar-refractivity contribution in [1.29, 1.82) is 0 Å². The van der Waals surface area contributed by atoms with Gasteiger partial charge in [0.1, 0.15) is 5.51 Å². The second kappa shape index (κ2) is 4.20. The highest BCUT2D eigenvalue weighted by molar-refractivity contribution is 8.01. The van der Waals surface area contributed by atoms with Crippen LogP contribution >= 0.6 is 23.1 Å². The zero-order valence-electron chi connectivity index (χ0n) is 6.69. The molecule has 0 saturated carbocycles. The van der Waals surface area contributed by atoms with Gasteiger partial charge in [-0.25, -0.2) is 0 Å². The third-order valence-corrected chi connectivity index (χ3v) is 4.04. The van der Waals surface area contributed by atoms with E-state index in [1.807, 2.05) is 11.8 Å². The van der Waals surface area contributed by atoms with Gasteiger partial charge >= 0.3 is 0 Å². The molecular formula is C7H11N3S2. The zero-order chi connectivity index (χ0) is 8.23. The molecule has 1 aliphatic heterocycles. The molecule has 1 aliphatic rings. The van der Waals surface area contributed by atoms with Crippen LogP contribution in [0.15, 0.2) is 9.85 Å². The van der Waals surface area contributed by atoms with E-state index in [9.17, 15) is 0 Å². The summed E-state index contributed by atoms with van der Waals surface area (Å²) in [6.45, 7) is 2.30. The van der Waals surface area contributed by atoms with E-state index in [-0.39, 0.29) is 0 Å². The Morgan fingerprint density at radius 3 is 3.00 bits per heavy atom. The second-order valence-electron chi connectivity index (χ2n) is 2.77. The number of hydrogen-bond donors (Lipinski definition) is 1. The summed E-state index contributed by atoms with van der Waals surface area (Å²) in [5, 5.41) is 11.9. The third-order valence-electron chi connectivity index (χ3n) is 1.89. The highest BCUT2D eigenvalue weighted by Crippen LogP contribution is 2.28. The van der Waals surface area contributed by atoms with E-state index < -0.39 is 0 Å². The first-order valence-electron chi connectivity index (χ1n) is 4.09. The maximum Gasteiger partial charge on any atom is 0.174 e. The van der Waals surface area contributed by atoms with Gasteiger partial charge in [-0.3, -0.25) is 0 Å². The minimum Gasteiger partial charge on any atom is -0.317 e. The topological polar surface area (TPSA) is 37.8 Å². The third kappa shape index (κ3) is 2.18. The molecule has 2 rings (SSSR count). The van der Waals surface area contributed by atoms with Crippen molar-refractivity contribution in [2.45, 2.75) is 22.4 Å². The fourth-order valence-corrected chi connectivity index (χ4v) is 3.16. The molecule has 1 saturated heterocycles. The van der Waals surface area contributed by atoms with Gasteiger partial charge in [-0.15, -0.1) is 10.2 Å². The van der Waals surface area contributed by atoms with Crippen LogP contribution in [0.25, 0.3) is 0 Å². The fraction of sp³-hybridized carbons (Fsp3) is 0.714. The van der Waals surface area contributed by atoms with E-state index >= 15 is 0 Å². The first kappa shape index (κ1) is 8.47. The SMILES string of the molecule is c1nnc(SC2CCNCC2)s1. The van der Waals surface area contributed by atoms with Crippen molar-refractivity contribution in [3.8, 4) is 0 Å². The van der Waals surface area contributed by atoms with Gasteiger partial charge in [-0.05, 0) is 25.9 Å². The summed E-state index contributed by atoms with van der Waals surface area (Å²) in [5.74, 6) is 0. The second-order valence-corrected chi connectivity index (χ2v) is 5.15. The molecule has 1 fully saturated rings. The summed E-state index contributed by atoms with van der Waals surface area (Å²) in [5.41, 5.74) is 1.80. The van der Waals surface area contributed by atoms with Crippen molar-refractivity contribution in [3.05, 3.63) is 5.51 Å². The zero-order valence-corrected chi connectivity index (χ0v) is 8.33. The number of rotatable bonds is 2. The molecule has 0 spiro atoms. The smallest absolute Gasteiger partial charge is 0.174 e. The summed E-state index contributed by atoms with van der Waals surface area (Å²) in [6, 6.07) is 0. The molecule has 12 heavy (non-hydrogen) atoms. The van der Waals surface area contributed by atoms with Crippen LogP contribution in [0.2, 0.25) is 0 Å². The normalized spacial score (nSPS) is 19.7. The molecule has 0 aromatic carbocycles. The number of thioether (sulfide) groups is 1. The number of hydrogen-bond acceptors (Lipinski definition) is 5. The van der Waals surface area contributed by atoms with Crippen LogP contribution in [0.5, 0.6) is 0 Å². The van der Waals surface area contributed by atoms with Crippen LogP contribution in [0.3, 0.4) is 0 Å². The molecule has 0 radical (unpaired) electrons. The van der Waals surface area contributed by atoms with Gasteiger partial charge in [0.05, 0.1) is 0 Å². The molecular weight excluding hydrogens is 190 g/mol. The van der Waals surface area contributed by atoms with Crippen LogP contribution < -0.4 is 5.32 Å². The van der Waals surface area contributed by atoms with Crippen molar-refractivity contribution in [2.24, 2.45) is 0 Å². The minimum atomic E-state index is 0.749. The molecule has 3 nitrogen and oxygen atoms in total. The van der Waals surface area contributed by atoms with Gasteiger partial charge in [0.15, 0.2) is 4.34 Å². The van der Waals surface area contributed by atoms with Crippen molar-refractivity contribution >= 4 is 23.1 Å². The van der Waals surface area contributed by atoms with Gasteiger partial charge in [0, 0.05) is 5.25 Å². The Kier molecular flexibility index (Phi) is 2.97. The maximum absolute atomic E-state index is 4.02. The van der Waals surface area contributed by atoms with Gasteiger partial charge < -0.3 is 5.32 Å². The summed E-state index contributed by atoms with van der Waals surface area (Å²) >= 11 is 3.51. The van der Waals surface area contributed by atoms with E-state index in [1.165, 1.54) is 12.8 Å². The molecule has 1 aromatic heterocycles. The van der Waals surface area contributed by atoms with E-state index in [4.69, 9.17) is 0 Å². The van der Waals surface area contributed by atoms with E-state index in [0.717, 1.165) is 22.7 Å². The van der Waals surface area contributed by atoms with E-state index in [2.05, 4.69) is 15.5 Å². The fourth-order valence-electron chi connectivity index (χ4n) is 1.27. The van der Waals surface area contributed by atoms with Crippen molar-refractivity contribution in [1.82, 2.24) is 15.5 Å². The highest BCUT2D eigenvalue weighted by Gasteiger charge is 2.15. The summed E-state index contributed by atoms with van der Waals surface area (Å²) in [7, 11) is 0. The van der Waals surface area contributed by atoms with Gasteiger partial charge in [-0.1, -0.05) is 23.1 Å². The van der Waals surface area contributed by atoms with E-state index in [0.29, 0.717) is 0 Å². The molecule has 5 heteroatoms. The Morgan fingerprint density at radius 1 is 1.50 bits per heavy atom. The number of nitrogens with one attached hydrogen (secondary N) is 1. The molecule has 66 valence electrons. The minimum absolute atomic E-state index is 0.749. The van der Waals surface area contributed by atoms with Crippen LogP contribution in [-0.2, 0) is 0 Å². The van der Waals surface area contributed by atoms with Gasteiger partial charge in [0.25, 0.3) is 0 Å². The molecule has 1 N–H and O–H groups in total. The van der Waals surface area contributed by atoms with Gasteiger partial charge in [-0.2, -0.15) is 0 Å². The first-order chi connectivity index (χ1) is 5.95. The molecule has 2 heterocycles. The lowest BCUT2D eigenvalue weighted by atomic mass is 10.2.